The van der Waals surface area contributed by atoms with Crippen molar-refractivity contribution in [3.8, 4) is 0 Å². The number of nitrogens with zero attached hydrogens (tertiary/aromatic N) is 5. The van der Waals surface area contributed by atoms with Gasteiger partial charge in [0.15, 0.2) is 0 Å². The number of imidazole rings is 1. The second kappa shape index (κ2) is 6.11. The third-order valence-electron chi connectivity index (χ3n) is 4.51. The molecule has 0 unspecified atom stereocenters. The van der Waals surface area contributed by atoms with Crippen molar-refractivity contribution in [3.05, 3.63) is 33.8 Å². The first-order valence-electron chi connectivity index (χ1n) is 8.24. The van der Waals surface area contributed by atoms with E-state index >= 15 is 0 Å². The van der Waals surface area contributed by atoms with Crippen molar-refractivity contribution in [3.63, 3.8) is 0 Å². The highest BCUT2D eigenvalue weighted by atomic mass is 35.5. The van der Waals surface area contributed by atoms with Crippen LogP contribution in [-0.4, -0.2) is 26.1 Å². The lowest BCUT2D eigenvalue weighted by Crippen LogP contribution is -2.33. The minimum atomic E-state index is 0.431. The Morgan fingerprint density at radius 2 is 1.96 bits per heavy atom. The second-order valence-electron chi connectivity index (χ2n) is 6.47. The molecule has 0 fully saturated rings. The number of fused-ring (bicyclic) bond motifs is 1. The lowest BCUT2D eigenvalue weighted by molar-refractivity contribution is 0.655. The Morgan fingerprint density at radius 1 is 1.22 bits per heavy atom. The van der Waals surface area contributed by atoms with Crippen molar-refractivity contribution in [2.24, 2.45) is 7.05 Å². The summed E-state index contributed by atoms with van der Waals surface area (Å²) in [4.78, 5) is 16.1. The summed E-state index contributed by atoms with van der Waals surface area (Å²) in [5.41, 5.74) is 3.54. The Kier molecular flexibility index (Phi) is 4.32. The zero-order chi connectivity index (χ0) is 16.7. The Morgan fingerprint density at radius 3 is 2.61 bits per heavy atom. The molecule has 124 valence electrons. The van der Waals surface area contributed by atoms with Crippen LogP contribution in [0.4, 0.5) is 5.82 Å². The molecular formula is C17H24ClN5. The van der Waals surface area contributed by atoms with E-state index in [9.17, 15) is 0 Å². The van der Waals surface area contributed by atoms with Gasteiger partial charge in [0.05, 0.1) is 12.2 Å². The number of rotatable bonds is 3. The van der Waals surface area contributed by atoms with E-state index in [4.69, 9.17) is 16.6 Å². The lowest BCUT2D eigenvalue weighted by Gasteiger charge is -2.29. The Balaban J connectivity index is 1.98. The van der Waals surface area contributed by atoms with Gasteiger partial charge in [0.25, 0.3) is 0 Å². The molecule has 0 amide bonds. The number of anilines is 1. The first kappa shape index (κ1) is 16.2. The van der Waals surface area contributed by atoms with Crippen LogP contribution in [-0.2, 0) is 26.4 Å². The van der Waals surface area contributed by atoms with Gasteiger partial charge < -0.3 is 9.47 Å². The largest absolute Gasteiger partial charge is 0.350 e. The van der Waals surface area contributed by atoms with Crippen LogP contribution in [0.15, 0.2) is 0 Å². The third kappa shape index (κ3) is 2.82. The van der Waals surface area contributed by atoms with Crippen LogP contribution < -0.4 is 4.90 Å². The van der Waals surface area contributed by atoms with Crippen LogP contribution in [0, 0.1) is 6.92 Å². The molecule has 0 saturated heterocycles. The van der Waals surface area contributed by atoms with Crippen molar-refractivity contribution in [2.75, 3.05) is 11.4 Å². The van der Waals surface area contributed by atoms with Gasteiger partial charge in [-0.25, -0.2) is 15.0 Å². The summed E-state index contributed by atoms with van der Waals surface area (Å²) in [6, 6.07) is 0. The summed E-state index contributed by atoms with van der Waals surface area (Å²) in [7, 11) is 2.13. The highest BCUT2D eigenvalue weighted by Gasteiger charge is 2.26. The third-order valence-corrected chi connectivity index (χ3v) is 4.82. The molecule has 1 aliphatic heterocycles. The minimum absolute atomic E-state index is 0.431. The normalized spacial score (nSPS) is 14.5. The fourth-order valence-electron chi connectivity index (χ4n) is 3.36. The molecule has 5 nitrogen and oxygen atoms in total. The SMILES string of the molecule is CCc1c(Cl)nc(C)nc1N1CCc2c(nc(C(C)C)n2C)C1. The smallest absolute Gasteiger partial charge is 0.138 e. The molecule has 0 spiro atoms. The molecule has 0 aliphatic carbocycles. The zero-order valence-electron chi connectivity index (χ0n) is 14.5. The van der Waals surface area contributed by atoms with E-state index in [0.29, 0.717) is 11.1 Å². The van der Waals surface area contributed by atoms with Gasteiger partial charge in [0.1, 0.15) is 22.6 Å². The standard InChI is InChI=1S/C17H24ClN5/c1-6-12-15(18)19-11(4)20-17(12)23-8-7-14-13(9-23)21-16(10(2)3)22(14)5/h10H,6-9H2,1-5H3. The lowest BCUT2D eigenvalue weighted by atomic mass is 10.1. The van der Waals surface area contributed by atoms with Crippen molar-refractivity contribution in [1.29, 1.82) is 0 Å². The molecule has 3 heterocycles. The van der Waals surface area contributed by atoms with Crippen molar-refractivity contribution in [1.82, 2.24) is 19.5 Å². The molecule has 2 aromatic rings. The maximum atomic E-state index is 6.33. The summed E-state index contributed by atoms with van der Waals surface area (Å²) in [6.07, 6.45) is 1.81. The van der Waals surface area contributed by atoms with E-state index in [1.54, 1.807) is 0 Å². The number of aryl methyl sites for hydroxylation is 1. The van der Waals surface area contributed by atoms with Gasteiger partial charge in [0, 0.05) is 37.2 Å². The number of aromatic nitrogens is 4. The molecular weight excluding hydrogens is 310 g/mol. The highest BCUT2D eigenvalue weighted by molar-refractivity contribution is 6.30. The van der Waals surface area contributed by atoms with Crippen molar-refractivity contribution in [2.45, 2.75) is 53.0 Å². The first-order chi connectivity index (χ1) is 10.9. The van der Waals surface area contributed by atoms with Crippen LogP contribution in [0.3, 0.4) is 0 Å². The maximum absolute atomic E-state index is 6.33. The van der Waals surface area contributed by atoms with Gasteiger partial charge in [0.2, 0.25) is 0 Å². The fourth-order valence-corrected chi connectivity index (χ4v) is 3.70. The summed E-state index contributed by atoms with van der Waals surface area (Å²) < 4.78 is 2.26. The Hall–Kier alpha value is -1.62. The van der Waals surface area contributed by atoms with Gasteiger partial charge >= 0.3 is 0 Å². The van der Waals surface area contributed by atoms with Gasteiger partial charge in [-0.2, -0.15) is 0 Å². The van der Waals surface area contributed by atoms with Crippen LogP contribution in [0.2, 0.25) is 5.15 Å². The number of hydrogen-bond donors (Lipinski definition) is 0. The molecule has 0 atom stereocenters. The van der Waals surface area contributed by atoms with E-state index in [1.165, 1.54) is 5.69 Å². The molecule has 0 N–H and O–H groups in total. The van der Waals surface area contributed by atoms with E-state index in [0.717, 1.165) is 54.7 Å². The maximum Gasteiger partial charge on any atom is 0.138 e. The minimum Gasteiger partial charge on any atom is -0.350 e. The van der Waals surface area contributed by atoms with Crippen LogP contribution in [0.1, 0.15) is 55.3 Å². The average Bonchev–Trinajstić information content (AvgIpc) is 2.83. The number of hydrogen-bond acceptors (Lipinski definition) is 4. The van der Waals surface area contributed by atoms with Gasteiger partial charge in [-0.3, -0.25) is 0 Å². The molecule has 3 rings (SSSR count). The summed E-state index contributed by atoms with van der Waals surface area (Å²) in [6.45, 7) is 10.1. The molecule has 23 heavy (non-hydrogen) atoms. The molecule has 0 saturated carbocycles. The zero-order valence-corrected chi connectivity index (χ0v) is 15.3. The van der Waals surface area contributed by atoms with E-state index in [-0.39, 0.29) is 0 Å². The Bertz CT molecular complexity index is 735. The van der Waals surface area contributed by atoms with Crippen LogP contribution >= 0.6 is 11.6 Å². The quantitative estimate of drug-likeness (QED) is 0.807. The topological polar surface area (TPSA) is 46.8 Å². The average molecular weight is 334 g/mol. The van der Waals surface area contributed by atoms with Gasteiger partial charge in [-0.1, -0.05) is 32.4 Å². The molecule has 0 radical (unpaired) electrons. The van der Waals surface area contributed by atoms with E-state index < -0.39 is 0 Å². The Labute approximate surface area is 142 Å². The molecule has 6 heteroatoms. The second-order valence-corrected chi connectivity index (χ2v) is 6.82. The van der Waals surface area contributed by atoms with Crippen molar-refractivity contribution < 1.29 is 0 Å². The molecule has 0 bridgehead atoms. The van der Waals surface area contributed by atoms with Crippen LogP contribution in [0.25, 0.3) is 0 Å². The predicted molar refractivity (Wildman–Crippen MR) is 93.2 cm³/mol. The molecule has 1 aliphatic rings. The monoisotopic (exact) mass is 333 g/mol. The van der Waals surface area contributed by atoms with Crippen molar-refractivity contribution >= 4 is 17.4 Å². The van der Waals surface area contributed by atoms with Crippen LogP contribution in [0.5, 0.6) is 0 Å². The summed E-state index contributed by atoms with van der Waals surface area (Å²) in [5.74, 6) is 3.27. The molecule has 2 aromatic heterocycles. The predicted octanol–water partition coefficient (Wildman–Crippen LogP) is 3.42. The summed E-state index contributed by atoms with van der Waals surface area (Å²) >= 11 is 6.33. The van der Waals surface area contributed by atoms with E-state index in [2.05, 4.69) is 47.3 Å². The molecule has 0 aromatic carbocycles. The highest BCUT2D eigenvalue weighted by Crippen LogP contribution is 2.30. The van der Waals surface area contributed by atoms with Gasteiger partial charge in [-0.05, 0) is 13.3 Å². The summed E-state index contributed by atoms with van der Waals surface area (Å²) in [5, 5.41) is 0.574. The first-order valence-corrected chi connectivity index (χ1v) is 8.62. The van der Waals surface area contributed by atoms with E-state index in [1.807, 2.05) is 6.92 Å². The fraction of sp³-hybridized carbons (Fsp3) is 0.588. The number of halogens is 1. The van der Waals surface area contributed by atoms with Gasteiger partial charge in [-0.15, -0.1) is 0 Å².